The van der Waals surface area contributed by atoms with E-state index in [1.54, 1.807) is 38.5 Å². The summed E-state index contributed by atoms with van der Waals surface area (Å²) >= 11 is 0. The van der Waals surface area contributed by atoms with Crippen LogP contribution in [0.5, 0.6) is 17.2 Å². The maximum Gasteiger partial charge on any atom is 0.160 e. The van der Waals surface area contributed by atoms with Crippen LogP contribution in [0.2, 0.25) is 0 Å². The quantitative estimate of drug-likeness (QED) is 0.726. The Bertz CT molecular complexity index is 674. The Balaban J connectivity index is 2.11. The lowest BCUT2D eigenvalue weighted by molar-refractivity contribution is 0.119. The van der Waals surface area contributed by atoms with E-state index in [1.807, 2.05) is 25.1 Å². The first-order chi connectivity index (χ1) is 11.5. The maximum absolute atomic E-state index is 10.5. The Kier molecular flexibility index (Phi) is 6.06. The fourth-order valence-electron chi connectivity index (χ4n) is 2.77. The third-order valence-corrected chi connectivity index (χ3v) is 4.28. The number of hydrogen-bond donors (Lipinski definition) is 3. The zero-order valence-electron chi connectivity index (χ0n) is 14.3. The molecule has 130 valence electrons. The molecule has 0 amide bonds. The fraction of sp³-hybridized carbons (Fsp3) is 0.368. The van der Waals surface area contributed by atoms with E-state index < -0.39 is 12.1 Å². The predicted octanol–water partition coefficient (Wildman–Crippen LogP) is 2.65. The van der Waals surface area contributed by atoms with Crippen molar-refractivity contribution in [3.05, 3.63) is 53.6 Å². The Hall–Kier alpha value is -2.24. The summed E-state index contributed by atoms with van der Waals surface area (Å²) in [4.78, 5) is 0. The van der Waals surface area contributed by atoms with Crippen LogP contribution in [-0.2, 0) is 6.42 Å². The van der Waals surface area contributed by atoms with Crippen molar-refractivity contribution in [3.63, 3.8) is 0 Å². The first-order valence-corrected chi connectivity index (χ1v) is 7.90. The normalized spacial score (nSPS) is 14.7. The standard InChI is InChI=1S/C19H25NO4/c1-12(10-13-8-9-16(23-2)17(11-13)24-3)18(20)19(22)14-6-4-5-7-15(14)21/h4-9,11-12,18-19,21-22H,10,20H2,1-3H3/t12?,18-,19-/m1/s1. The number of rotatable bonds is 7. The number of aliphatic hydroxyl groups excluding tert-OH is 1. The van der Waals surface area contributed by atoms with Gasteiger partial charge in [0.25, 0.3) is 0 Å². The van der Waals surface area contributed by atoms with Gasteiger partial charge >= 0.3 is 0 Å². The van der Waals surface area contributed by atoms with E-state index in [-0.39, 0.29) is 11.7 Å². The Morgan fingerprint density at radius 3 is 2.33 bits per heavy atom. The third-order valence-electron chi connectivity index (χ3n) is 4.28. The molecule has 0 saturated carbocycles. The second-order valence-electron chi connectivity index (χ2n) is 5.95. The van der Waals surface area contributed by atoms with Crippen molar-refractivity contribution in [1.82, 2.24) is 0 Å². The van der Waals surface area contributed by atoms with Crippen LogP contribution in [-0.4, -0.2) is 30.5 Å². The molecule has 5 heteroatoms. The lowest BCUT2D eigenvalue weighted by Gasteiger charge is -2.26. The lowest BCUT2D eigenvalue weighted by Crippen LogP contribution is -2.36. The summed E-state index contributed by atoms with van der Waals surface area (Å²) in [6, 6.07) is 11.9. The number of aromatic hydroxyl groups is 1. The molecule has 2 aromatic carbocycles. The molecule has 0 aliphatic carbocycles. The van der Waals surface area contributed by atoms with Crippen LogP contribution in [0, 0.1) is 5.92 Å². The molecule has 0 aliphatic heterocycles. The van der Waals surface area contributed by atoms with Crippen LogP contribution < -0.4 is 15.2 Å². The van der Waals surface area contributed by atoms with Gasteiger partial charge in [0, 0.05) is 11.6 Å². The highest BCUT2D eigenvalue weighted by Gasteiger charge is 2.25. The highest BCUT2D eigenvalue weighted by molar-refractivity contribution is 5.43. The summed E-state index contributed by atoms with van der Waals surface area (Å²) < 4.78 is 10.5. The van der Waals surface area contributed by atoms with Gasteiger partial charge < -0.3 is 25.4 Å². The first-order valence-electron chi connectivity index (χ1n) is 7.90. The summed E-state index contributed by atoms with van der Waals surface area (Å²) in [5.74, 6) is 1.39. The summed E-state index contributed by atoms with van der Waals surface area (Å²) in [6.07, 6.45) is -0.257. The van der Waals surface area contributed by atoms with Gasteiger partial charge in [-0.3, -0.25) is 0 Å². The largest absolute Gasteiger partial charge is 0.508 e. The van der Waals surface area contributed by atoms with Gasteiger partial charge in [-0.2, -0.15) is 0 Å². The molecule has 0 bridgehead atoms. The average molecular weight is 331 g/mol. The molecular weight excluding hydrogens is 306 g/mol. The molecule has 0 aromatic heterocycles. The van der Waals surface area contributed by atoms with Crippen molar-refractivity contribution in [2.24, 2.45) is 11.7 Å². The molecular formula is C19H25NO4. The third kappa shape index (κ3) is 3.99. The van der Waals surface area contributed by atoms with E-state index in [0.29, 0.717) is 23.5 Å². The van der Waals surface area contributed by atoms with Crippen molar-refractivity contribution in [2.75, 3.05) is 14.2 Å². The van der Waals surface area contributed by atoms with E-state index in [9.17, 15) is 10.2 Å². The van der Waals surface area contributed by atoms with Crippen LogP contribution in [0.4, 0.5) is 0 Å². The number of aliphatic hydroxyl groups is 1. The van der Waals surface area contributed by atoms with Gasteiger partial charge in [-0.25, -0.2) is 0 Å². The summed E-state index contributed by atoms with van der Waals surface area (Å²) in [5, 5.41) is 20.4. The van der Waals surface area contributed by atoms with Crippen molar-refractivity contribution in [3.8, 4) is 17.2 Å². The lowest BCUT2D eigenvalue weighted by atomic mass is 9.88. The molecule has 3 atom stereocenters. The number of ether oxygens (including phenoxy) is 2. The van der Waals surface area contributed by atoms with E-state index in [2.05, 4.69) is 0 Å². The minimum absolute atomic E-state index is 0.00212. The second kappa shape index (κ2) is 8.04. The summed E-state index contributed by atoms with van der Waals surface area (Å²) in [5.41, 5.74) is 7.71. The molecule has 0 aliphatic rings. The van der Waals surface area contributed by atoms with Crippen LogP contribution in [0.25, 0.3) is 0 Å². The van der Waals surface area contributed by atoms with Crippen LogP contribution >= 0.6 is 0 Å². The van der Waals surface area contributed by atoms with Crippen LogP contribution in [0.1, 0.15) is 24.2 Å². The molecule has 1 unspecified atom stereocenters. The average Bonchev–Trinajstić information content (AvgIpc) is 2.60. The highest BCUT2D eigenvalue weighted by atomic mass is 16.5. The van der Waals surface area contributed by atoms with Gasteiger partial charge in [0.1, 0.15) is 5.75 Å². The number of nitrogens with two attached hydrogens (primary N) is 1. The molecule has 0 fully saturated rings. The molecule has 2 rings (SSSR count). The molecule has 0 heterocycles. The molecule has 2 aromatic rings. The summed E-state index contributed by atoms with van der Waals surface area (Å²) in [7, 11) is 3.19. The van der Waals surface area contributed by atoms with Crippen LogP contribution in [0.15, 0.2) is 42.5 Å². The topological polar surface area (TPSA) is 84.9 Å². The molecule has 24 heavy (non-hydrogen) atoms. The Labute approximate surface area is 142 Å². The van der Waals surface area contributed by atoms with E-state index >= 15 is 0 Å². The first kappa shape index (κ1) is 18.1. The number of para-hydroxylation sites is 1. The SMILES string of the molecule is COc1ccc(CC(C)[C@@H](N)[C@H](O)c2ccccc2O)cc1OC. The van der Waals surface area contributed by atoms with Gasteiger partial charge in [-0.1, -0.05) is 31.2 Å². The minimum Gasteiger partial charge on any atom is -0.508 e. The molecule has 0 radical (unpaired) electrons. The van der Waals surface area contributed by atoms with Gasteiger partial charge in [0.15, 0.2) is 11.5 Å². The Morgan fingerprint density at radius 1 is 1.04 bits per heavy atom. The maximum atomic E-state index is 10.5. The van der Waals surface area contributed by atoms with Crippen LogP contribution in [0.3, 0.4) is 0 Å². The van der Waals surface area contributed by atoms with Crippen molar-refractivity contribution >= 4 is 0 Å². The number of phenols is 1. The Morgan fingerprint density at radius 2 is 1.71 bits per heavy atom. The monoisotopic (exact) mass is 331 g/mol. The van der Waals surface area contributed by atoms with E-state index in [4.69, 9.17) is 15.2 Å². The molecule has 4 N–H and O–H groups in total. The zero-order chi connectivity index (χ0) is 17.7. The van der Waals surface area contributed by atoms with Gasteiger partial charge in [-0.15, -0.1) is 0 Å². The predicted molar refractivity (Wildman–Crippen MR) is 93.5 cm³/mol. The molecule has 0 spiro atoms. The minimum atomic E-state index is -0.929. The van der Waals surface area contributed by atoms with Crippen molar-refractivity contribution < 1.29 is 19.7 Å². The van der Waals surface area contributed by atoms with Gasteiger partial charge in [0.05, 0.1) is 20.3 Å². The second-order valence-corrected chi connectivity index (χ2v) is 5.95. The van der Waals surface area contributed by atoms with E-state index in [0.717, 1.165) is 5.56 Å². The van der Waals surface area contributed by atoms with Crippen molar-refractivity contribution in [2.45, 2.75) is 25.5 Å². The molecule has 5 nitrogen and oxygen atoms in total. The number of methoxy groups -OCH3 is 2. The zero-order valence-corrected chi connectivity index (χ0v) is 14.3. The van der Waals surface area contributed by atoms with Gasteiger partial charge in [0.2, 0.25) is 0 Å². The molecule has 0 saturated heterocycles. The number of hydrogen-bond acceptors (Lipinski definition) is 5. The van der Waals surface area contributed by atoms with Crippen molar-refractivity contribution in [1.29, 1.82) is 0 Å². The van der Waals surface area contributed by atoms with E-state index in [1.165, 1.54) is 0 Å². The number of phenolic OH excluding ortho intramolecular Hbond substituents is 1. The number of benzene rings is 2. The van der Waals surface area contributed by atoms with Gasteiger partial charge in [-0.05, 0) is 36.1 Å². The highest BCUT2D eigenvalue weighted by Crippen LogP contribution is 2.31. The fourth-order valence-corrected chi connectivity index (χ4v) is 2.77. The smallest absolute Gasteiger partial charge is 0.160 e. The summed E-state index contributed by atoms with van der Waals surface area (Å²) in [6.45, 7) is 1.98.